The Morgan fingerprint density at radius 3 is 2.57 bits per heavy atom. The van der Waals surface area contributed by atoms with Crippen LogP contribution in [0.3, 0.4) is 0 Å². The molecule has 8 nitrogen and oxygen atoms in total. The molecular formula is C19H26ClN5O3. The van der Waals surface area contributed by atoms with Gasteiger partial charge in [-0.15, -0.1) is 17.5 Å². The first kappa shape index (κ1) is 21.8. The second kappa shape index (κ2) is 10.2. The van der Waals surface area contributed by atoms with Crippen LogP contribution >= 0.6 is 12.4 Å². The summed E-state index contributed by atoms with van der Waals surface area (Å²) in [6, 6.07) is 7.27. The van der Waals surface area contributed by atoms with Crippen LogP contribution in [-0.2, 0) is 11.3 Å². The SMILES string of the molecule is CCOC(=O)c1ccc(CNC(=O)c2nnn(C3CCNCC3)c2C)cc1.Cl. The van der Waals surface area contributed by atoms with Gasteiger partial charge in [-0.2, -0.15) is 0 Å². The summed E-state index contributed by atoms with van der Waals surface area (Å²) < 4.78 is 6.82. The van der Waals surface area contributed by atoms with E-state index in [0.29, 0.717) is 24.4 Å². The number of aromatic nitrogens is 3. The van der Waals surface area contributed by atoms with Crippen molar-refractivity contribution < 1.29 is 14.3 Å². The summed E-state index contributed by atoms with van der Waals surface area (Å²) in [6.45, 7) is 6.24. The number of nitrogens with zero attached hydrogens (tertiary/aromatic N) is 3. The maximum absolute atomic E-state index is 12.5. The van der Waals surface area contributed by atoms with E-state index in [2.05, 4.69) is 20.9 Å². The molecule has 0 bridgehead atoms. The predicted molar refractivity (Wildman–Crippen MR) is 107 cm³/mol. The fourth-order valence-electron chi connectivity index (χ4n) is 3.19. The number of carbonyl (C=O) groups excluding carboxylic acids is 2. The molecule has 0 atom stereocenters. The maximum atomic E-state index is 12.5. The number of amides is 1. The standard InChI is InChI=1S/C19H25N5O3.ClH/c1-3-27-19(26)15-6-4-14(5-7-15)12-21-18(25)17-13(2)24(23-22-17)16-8-10-20-11-9-16;/h4-7,16,20H,3,8-12H2,1-2H3,(H,21,25);1H. The number of hydrogen-bond acceptors (Lipinski definition) is 6. The van der Waals surface area contributed by atoms with Crippen LogP contribution in [0.1, 0.15) is 57.9 Å². The lowest BCUT2D eigenvalue weighted by molar-refractivity contribution is 0.0526. The number of nitrogens with one attached hydrogen (secondary N) is 2. The number of hydrogen-bond donors (Lipinski definition) is 2. The van der Waals surface area contributed by atoms with Crippen molar-refractivity contribution in [2.45, 2.75) is 39.3 Å². The summed E-state index contributed by atoms with van der Waals surface area (Å²) in [4.78, 5) is 24.1. The predicted octanol–water partition coefficient (Wildman–Crippen LogP) is 2.04. The molecule has 1 aliphatic heterocycles. The Kier molecular flexibility index (Phi) is 7.95. The van der Waals surface area contributed by atoms with Gasteiger partial charge in [0.25, 0.3) is 5.91 Å². The van der Waals surface area contributed by atoms with E-state index in [0.717, 1.165) is 37.2 Å². The minimum Gasteiger partial charge on any atom is -0.462 e. The Labute approximate surface area is 170 Å². The van der Waals surface area contributed by atoms with Gasteiger partial charge >= 0.3 is 5.97 Å². The van der Waals surface area contributed by atoms with Crippen molar-refractivity contribution in [1.82, 2.24) is 25.6 Å². The maximum Gasteiger partial charge on any atom is 0.338 e. The third-order valence-electron chi connectivity index (χ3n) is 4.72. The Morgan fingerprint density at radius 1 is 1.25 bits per heavy atom. The molecule has 2 heterocycles. The van der Waals surface area contributed by atoms with Crippen LogP contribution < -0.4 is 10.6 Å². The van der Waals surface area contributed by atoms with Gasteiger partial charge in [0.2, 0.25) is 0 Å². The van der Waals surface area contributed by atoms with Gasteiger partial charge < -0.3 is 15.4 Å². The second-order valence-electron chi connectivity index (χ2n) is 6.55. The van der Waals surface area contributed by atoms with E-state index >= 15 is 0 Å². The fourth-order valence-corrected chi connectivity index (χ4v) is 3.19. The zero-order chi connectivity index (χ0) is 19.2. The van der Waals surface area contributed by atoms with Crippen LogP contribution in [0.15, 0.2) is 24.3 Å². The lowest BCUT2D eigenvalue weighted by Crippen LogP contribution is -2.30. The molecule has 0 unspecified atom stereocenters. The van der Waals surface area contributed by atoms with E-state index in [1.807, 2.05) is 11.6 Å². The monoisotopic (exact) mass is 407 g/mol. The van der Waals surface area contributed by atoms with E-state index in [4.69, 9.17) is 4.74 Å². The second-order valence-corrected chi connectivity index (χ2v) is 6.55. The molecular weight excluding hydrogens is 382 g/mol. The number of ether oxygens (including phenoxy) is 1. The fraction of sp³-hybridized carbons (Fsp3) is 0.474. The molecule has 9 heteroatoms. The molecule has 1 saturated heterocycles. The van der Waals surface area contributed by atoms with Crippen molar-refractivity contribution in [3.05, 3.63) is 46.8 Å². The molecule has 1 fully saturated rings. The molecule has 28 heavy (non-hydrogen) atoms. The molecule has 2 N–H and O–H groups in total. The molecule has 0 saturated carbocycles. The summed E-state index contributed by atoms with van der Waals surface area (Å²) in [5.41, 5.74) is 2.53. The topological polar surface area (TPSA) is 98.1 Å². The highest BCUT2D eigenvalue weighted by Gasteiger charge is 2.22. The zero-order valence-corrected chi connectivity index (χ0v) is 16.9. The molecule has 1 aromatic carbocycles. The molecule has 1 aliphatic rings. The van der Waals surface area contributed by atoms with E-state index in [-0.39, 0.29) is 30.3 Å². The third-order valence-corrected chi connectivity index (χ3v) is 4.72. The first-order chi connectivity index (χ1) is 13.1. The van der Waals surface area contributed by atoms with Gasteiger partial charge in [-0.05, 0) is 57.5 Å². The Hall–Kier alpha value is -2.45. The van der Waals surface area contributed by atoms with Gasteiger partial charge in [-0.1, -0.05) is 17.3 Å². The minimum absolute atomic E-state index is 0. The van der Waals surface area contributed by atoms with E-state index in [9.17, 15) is 9.59 Å². The van der Waals surface area contributed by atoms with Gasteiger partial charge in [-0.3, -0.25) is 4.79 Å². The number of esters is 1. The van der Waals surface area contributed by atoms with Crippen molar-refractivity contribution in [3.63, 3.8) is 0 Å². The van der Waals surface area contributed by atoms with Crippen LogP contribution in [0, 0.1) is 6.92 Å². The van der Waals surface area contributed by atoms with Crippen LogP contribution in [0.5, 0.6) is 0 Å². The Bertz CT molecular complexity index is 800. The first-order valence-electron chi connectivity index (χ1n) is 9.27. The normalized spacial score (nSPS) is 14.2. The average molecular weight is 408 g/mol. The smallest absolute Gasteiger partial charge is 0.338 e. The van der Waals surface area contributed by atoms with E-state index in [1.165, 1.54) is 0 Å². The molecule has 152 valence electrons. The lowest BCUT2D eigenvalue weighted by Gasteiger charge is -2.23. The summed E-state index contributed by atoms with van der Waals surface area (Å²) in [6.07, 6.45) is 1.97. The van der Waals surface area contributed by atoms with Crippen molar-refractivity contribution in [3.8, 4) is 0 Å². The molecule has 3 rings (SSSR count). The van der Waals surface area contributed by atoms with Crippen LogP contribution in [-0.4, -0.2) is 46.6 Å². The van der Waals surface area contributed by atoms with E-state index < -0.39 is 0 Å². The highest BCUT2D eigenvalue weighted by atomic mass is 35.5. The molecule has 2 aromatic rings. The zero-order valence-electron chi connectivity index (χ0n) is 16.1. The summed E-state index contributed by atoms with van der Waals surface area (Å²) in [7, 11) is 0. The van der Waals surface area contributed by atoms with E-state index in [1.54, 1.807) is 31.2 Å². The Balaban J connectivity index is 0.00000280. The van der Waals surface area contributed by atoms with Crippen LogP contribution in [0.2, 0.25) is 0 Å². The van der Waals surface area contributed by atoms with Crippen molar-refractivity contribution in [1.29, 1.82) is 0 Å². The Morgan fingerprint density at radius 2 is 1.93 bits per heavy atom. The first-order valence-corrected chi connectivity index (χ1v) is 9.27. The summed E-state index contributed by atoms with van der Waals surface area (Å²) in [5.74, 6) is -0.597. The summed E-state index contributed by atoms with van der Waals surface area (Å²) >= 11 is 0. The number of piperidine rings is 1. The molecule has 1 amide bonds. The van der Waals surface area contributed by atoms with Crippen molar-refractivity contribution in [2.75, 3.05) is 19.7 Å². The number of halogens is 1. The number of carbonyl (C=O) groups is 2. The molecule has 0 spiro atoms. The lowest BCUT2D eigenvalue weighted by atomic mass is 10.1. The summed E-state index contributed by atoms with van der Waals surface area (Å²) in [5, 5.41) is 14.5. The van der Waals surface area contributed by atoms with Gasteiger partial charge in [-0.25, -0.2) is 9.48 Å². The van der Waals surface area contributed by atoms with Gasteiger partial charge in [0.1, 0.15) is 0 Å². The molecule has 1 aromatic heterocycles. The number of rotatable bonds is 6. The van der Waals surface area contributed by atoms with Gasteiger partial charge in [0, 0.05) is 6.54 Å². The van der Waals surface area contributed by atoms with Crippen molar-refractivity contribution in [2.24, 2.45) is 0 Å². The third kappa shape index (κ3) is 5.08. The van der Waals surface area contributed by atoms with Crippen LogP contribution in [0.4, 0.5) is 0 Å². The highest BCUT2D eigenvalue weighted by molar-refractivity contribution is 5.93. The van der Waals surface area contributed by atoms with Gasteiger partial charge in [0.15, 0.2) is 5.69 Å². The average Bonchev–Trinajstić information content (AvgIpc) is 3.09. The van der Waals surface area contributed by atoms with Crippen molar-refractivity contribution >= 4 is 24.3 Å². The molecule has 0 aliphatic carbocycles. The number of benzene rings is 1. The van der Waals surface area contributed by atoms with Crippen LogP contribution in [0.25, 0.3) is 0 Å². The highest BCUT2D eigenvalue weighted by Crippen LogP contribution is 2.20. The largest absolute Gasteiger partial charge is 0.462 e. The molecule has 0 radical (unpaired) electrons. The van der Waals surface area contributed by atoms with Gasteiger partial charge in [0.05, 0.1) is 23.9 Å². The quantitative estimate of drug-likeness (QED) is 0.711. The minimum atomic E-state index is -0.349.